The number of rotatable bonds is 8. The summed E-state index contributed by atoms with van der Waals surface area (Å²) < 4.78 is 5.79. The number of carboxylic acids is 1. The van der Waals surface area contributed by atoms with Crippen LogP contribution in [-0.2, 0) is 9.59 Å². The molecule has 1 amide bonds. The molecule has 0 aromatic carbocycles. The lowest BCUT2D eigenvalue weighted by atomic mass is 9.98. The van der Waals surface area contributed by atoms with E-state index in [4.69, 9.17) is 4.74 Å². The molecule has 0 spiro atoms. The largest absolute Gasteiger partial charge is 0.489 e. The van der Waals surface area contributed by atoms with E-state index in [1.54, 1.807) is 26.4 Å². The van der Waals surface area contributed by atoms with Gasteiger partial charge in [0.1, 0.15) is 10.7 Å². The fourth-order valence-electron chi connectivity index (χ4n) is 4.93. The van der Waals surface area contributed by atoms with Crippen LogP contribution in [0.3, 0.4) is 0 Å². The van der Waals surface area contributed by atoms with Crippen LogP contribution < -0.4 is 10.2 Å². The third kappa shape index (κ3) is 15.0. The number of ether oxygens (including phenoxy) is 1. The molecule has 1 aromatic heterocycles. The molecule has 0 aliphatic heterocycles. The summed E-state index contributed by atoms with van der Waals surface area (Å²) in [5, 5.41) is 11.1. The lowest BCUT2D eigenvalue weighted by Crippen LogP contribution is -2.43. The molecule has 1 aromatic rings. The molecule has 0 saturated heterocycles. The van der Waals surface area contributed by atoms with Crippen molar-refractivity contribution in [2.45, 2.75) is 119 Å². The number of thioether (sulfide) groups is 1. The molecule has 0 radical (unpaired) electrons. The maximum absolute atomic E-state index is 13.1. The van der Waals surface area contributed by atoms with Crippen LogP contribution in [0.25, 0.3) is 0 Å². The smallest absolute Gasteiger partial charge is 0.344 e. The van der Waals surface area contributed by atoms with Gasteiger partial charge in [0.25, 0.3) is 0 Å². The Bertz CT molecular complexity index is 1100. The highest BCUT2D eigenvalue weighted by Gasteiger charge is 2.29. The van der Waals surface area contributed by atoms with Gasteiger partial charge in [-0.05, 0) is 90.7 Å². The normalized spacial score (nSPS) is 19.3. The Balaban J connectivity index is 0.000000507. The monoisotopic (exact) mass is 613 g/mol. The van der Waals surface area contributed by atoms with Gasteiger partial charge in [0, 0.05) is 24.6 Å². The number of amides is 1. The summed E-state index contributed by atoms with van der Waals surface area (Å²) in [6, 6.07) is 3.89. The van der Waals surface area contributed by atoms with Crippen molar-refractivity contribution in [1.29, 1.82) is 0 Å². The van der Waals surface area contributed by atoms with Gasteiger partial charge in [-0.25, -0.2) is 15.2 Å². The van der Waals surface area contributed by atoms with Crippen molar-refractivity contribution in [3.63, 3.8) is 0 Å². The Morgan fingerprint density at radius 1 is 1.09 bits per heavy atom. The van der Waals surface area contributed by atoms with E-state index in [1.165, 1.54) is 37.1 Å². The van der Waals surface area contributed by atoms with Gasteiger partial charge in [-0.1, -0.05) is 70.2 Å². The minimum absolute atomic E-state index is 0.0536. The molecule has 7 nitrogen and oxygen atoms in total. The Labute approximate surface area is 265 Å². The van der Waals surface area contributed by atoms with Gasteiger partial charge >= 0.3 is 5.97 Å². The molecular formula is C35H55N3O4S. The lowest BCUT2D eigenvalue weighted by Gasteiger charge is -2.27. The summed E-state index contributed by atoms with van der Waals surface area (Å²) in [4.78, 5) is 29.5. The van der Waals surface area contributed by atoms with Crippen molar-refractivity contribution < 1.29 is 19.4 Å². The highest BCUT2D eigenvalue weighted by Crippen LogP contribution is 2.32. The summed E-state index contributed by atoms with van der Waals surface area (Å²) in [6.45, 7) is 17.7. The Hall–Kier alpha value is -2.76. The predicted octanol–water partition coefficient (Wildman–Crippen LogP) is 8.60. The van der Waals surface area contributed by atoms with Crippen molar-refractivity contribution in [3.8, 4) is 17.6 Å². The van der Waals surface area contributed by atoms with Gasteiger partial charge in [0.05, 0.1) is 22.9 Å². The zero-order valence-corrected chi connectivity index (χ0v) is 28.6. The molecule has 2 atom stereocenters. The van der Waals surface area contributed by atoms with Crippen LogP contribution in [-0.4, -0.2) is 40.1 Å². The van der Waals surface area contributed by atoms with E-state index in [0.717, 1.165) is 49.6 Å². The molecule has 8 heteroatoms. The first-order valence-electron chi connectivity index (χ1n) is 15.8. The Morgan fingerprint density at radius 2 is 1.77 bits per heavy atom. The van der Waals surface area contributed by atoms with Crippen molar-refractivity contribution >= 4 is 23.6 Å². The number of hydrazine groups is 1. The van der Waals surface area contributed by atoms with Crippen LogP contribution in [0.2, 0.25) is 0 Å². The van der Waals surface area contributed by atoms with Gasteiger partial charge in [0.15, 0.2) is 0 Å². The Kier molecular flexibility index (Phi) is 18.0. The first-order valence-corrected chi connectivity index (χ1v) is 16.6. The standard InChI is InChI=1S/C22H34N2O3S.C11H15NO.C2H6/c1-15-9-8-10-18(12-11-15)20(25)24(23-7)17(3)19(21(26)27)28-16(2)13-14-22(4,5)6;1-2-5-10(6-3-1)13-11-7-4-8-12-9-11;1-2/h15,18,23H,2,8-12H2,1,3-7H3,(H,26,27);4,7-10H,1-3,5-6H2;1-2H3/b19-17+;;. The van der Waals surface area contributed by atoms with Gasteiger partial charge in [-0.3, -0.25) is 9.78 Å². The maximum atomic E-state index is 13.1. The van der Waals surface area contributed by atoms with Crippen LogP contribution in [0.4, 0.5) is 0 Å². The van der Waals surface area contributed by atoms with Crippen LogP contribution >= 0.6 is 11.8 Å². The van der Waals surface area contributed by atoms with Crippen LogP contribution in [0, 0.1) is 29.1 Å². The fourth-order valence-corrected chi connectivity index (χ4v) is 5.61. The van der Waals surface area contributed by atoms with Gasteiger partial charge in [-0.2, -0.15) is 0 Å². The molecule has 2 saturated carbocycles. The van der Waals surface area contributed by atoms with Gasteiger partial charge < -0.3 is 9.84 Å². The van der Waals surface area contributed by atoms with Crippen LogP contribution in [0.1, 0.15) is 113 Å². The molecule has 2 unspecified atom stereocenters. The predicted molar refractivity (Wildman–Crippen MR) is 179 cm³/mol. The number of carboxylic acid groups (broad SMARTS) is 1. The minimum atomic E-state index is -1.09. The molecule has 1 heterocycles. The van der Waals surface area contributed by atoms with Crippen molar-refractivity contribution in [1.82, 2.24) is 15.4 Å². The van der Waals surface area contributed by atoms with Gasteiger partial charge in [0.2, 0.25) is 5.91 Å². The highest BCUT2D eigenvalue weighted by atomic mass is 32.2. The number of nitrogens with zero attached hydrogens (tertiary/aromatic N) is 2. The lowest BCUT2D eigenvalue weighted by molar-refractivity contribution is -0.136. The number of carbonyl (C=O) groups is 2. The van der Waals surface area contributed by atoms with Crippen LogP contribution in [0.5, 0.6) is 5.75 Å². The molecular weight excluding hydrogens is 558 g/mol. The molecule has 3 rings (SSSR count). The molecule has 2 aliphatic carbocycles. The van der Waals surface area contributed by atoms with E-state index < -0.39 is 5.97 Å². The second kappa shape index (κ2) is 20.2. The second-order valence-corrected chi connectivity index (χ2v) is 13.1. The topological polar surface area (TPSA) is 91.8 Å². The van der Waals surface area contributed by atoms with Crippen molar-refractivity contribution in [2.24, 2.45) is 17.3 Å². The fraction of sp³-hybridized carbons (Fsp3) is 0.629. The summed E-state index contributed by atoms with van der Waals surface area (Å²) in [7, 11) is 1.64. The first kappa shape index (κ1) is 38.3. The highest BCUT2D eigenvalue weighted by molar-refractivity contribution is 8.07. The summed E-state index contributed by atoms with van der Waals surface area (Å²) >= 11 is 0.992. The number of allylic oxidation sites excluding steroid dienone is 2. The summed E-state index contributed by atoms with van der Waals surface area (Å²) in [6.07, 6.45) is 15.3. The zero-order chi connectivity index (χ0) is 32.4. The van der Waals surface area contributed by atoms with Gasteiger partial charge in [-0.15, -0.1) is 0 Å². The molecule has 240 valence electrons. The van der Waals surface area contributed by atoms with E-state index in [1.807, 2.05) is 46.8 Å². The van der Waals surface area contributed by atoms with E-state index in [2.05, 4.69) is 35.8 Å². The molecule has 43 heavy (non-hydrogen) atoms. The molecule has 2 N–H and O–H groups in total. The average Bonchev–Trinajstić information content (AvgIpc) is 3.21. The zero-order valence-electron chi connectivity index (χ0n) is 27.8. The number of nitrogens with one attached hydrogen (secondary N) is 1. The third-order valence-electron chi connectivity index (χ3n) is 7.20. The SMILES string of the molecule is C=C(C#CC(C)(C)C)S/C(C(=O)O)=C(\C)N(NC)C(=O)C1CCCC(C)CC1.CC.c1cncc(OC2CCCCC2)c1. The first-order chi connectivity index (χ1) is 20.4. The Morgan fingerprint density at radius 3 is 2.33 bits per heavy atom. The molecule has 2 aliphatic rings. The second-order valence-electron chi connectivity index (χ2n) is 12.0. The van der Waals surface area contributed by atoms with E-state index in [-0.39, 0.29) is 22.1 Å². The summed E-state index contributed by atoms with van der Waals surface area (Å²) in [5.41, 5.74) is 3.04. The number of pyridine rings is 1. The third-order valence-corrected chi connectivity index (χ3v) is 8.22. The maximum Gasteiger partial charge on any atom is 0.344 e. The minimum Gasteiger partial charge on any atom is -0.489 e. The number of hydrogen-bond donors (Lipinski definition) is 2. The molecule has 2 fully saturated rings. The summed E-state index contributed by atoms with van der Waals surface area (Å²) in [5.74, 6) is 6.27. The quantitative estimate of drug-likeness (QED) is 0.131. The average molecular weight is 614 g/mol. The number of carbonyl (C=O) groups excluding carboxylic acids is 1. The van der Waals surface area contributed by atoms with Crippen molar-refractivity contribution in [2.75, 3.05) is 7.05 Å². The number of aromatic nitrogens is 1. The van der Waals surface area contributed by atoms with E-state index in [9.17, 15) is 14.7 Å². The van der Waals surface area contributed by atoms with E-state index >= 15 is 0 Å². The number of hydrogen-bond acceptors (Lipinski definition) is 6. The van der Waals surface area contributed by atoms with Crippen molar-refractivity contribution in [3.05, 3.63) is 46.6 Å². The van der Waals surface area contributed by atoms with E-state index in [0.29, 0.717) is 22.6 Å². The number of aliphatic carboxylic acids is 1. The molecule has 0 bridgehead atoms. The van der Waals surface area contributed by atoms with Crippen LogP contribution in [0.15, 0.2) is 46.6 Å².